The molecule has 2 aromatic carbocycles. The second-order valence-corrected chi connectivity index (χ2v) is 6.73. The van der Waals surface area contributed by atoms with Crippen LogP contribution in [0.5, 0.6) is 5.75 Å². The highest BCUT2D eigenvalue weighted by molar-refractivity contribution is 9.10. The fourth-order valence-corrected chi connectivity index (χ4v) is 3.19. The Bertz CT molecular complexity index is 672. The average Bonchev–Trinajstić information content (AvgIpc) is 2.62. The van der Waals surface area contributed by atoms with E-state index in [0.29, 0.717) is 5.75 Å². The van der Waals surface area contributed by atoms with Gasteiger partial charge in [-0.1, -0.05) is 42.5 Å². The lowest BCUT2D eigenvalue weighted by atomic mass is 10.0. The zero-order valence-corrected chi connectivity index (χ0v) is 15.0. The van der Waals surface area contributed by atoms with Gasteiger partial charge in [-0.2, -0.15) is 0 Å². The number of halogens is 1. The van der Waals surface area contributed by atoms with Gasteiger partial charge < -0.3 is 15.4 Å². The number of carbonyl (C=O) groups is 1. The summed E-state index contributed by atoms with van der Waals surface area (Å²) in [6.07, 6.45) is 1.23. The Morgan fingerprint density at radius 2 is 1.75 bits per heavy atom. The van der Waals surface area contributed by atoms with Gasteiger partial charge in [0.1, 0.15) is 5.75 Å². The number of rotatable bonds is 5. The molecule has 0 aromatic heterocycles. The molecule has 0 bridgehead atoms. The van der Waals surface area contributed by atoms with Crippen LogP contribution in [-0.2, 0) is 4.79 Å². The standard InChI is InChI=1S/C19H21BrN2O2/c20-16-8-4-5-9-17(16)24-18(14-6-2-1-3-7-14)19(23)22-15-10-12-21-13-11-15/h1-9,15,18,21H,10-13H2,(H,22,23). The van der Waals surface area contributed by atoms with E-state index < -0.39 is 6.10 Å². The Hall–Kier alpha value is -1.85. The van der Waals surface area contributed by atoms with Crippen LogP contribution in [0.1, 0.15) is 24.5 Å². The summed E-state index contributed by atoms with van der Waals surface area (Å²) in [5, 5.41) is 6.45. The minimum atomic E-state index is -0.667. The lowest BCUT2D eigenvalue weighted by molar-refractivity contribution is -0.129. The predicted molar refractivity (Wildman–Crippen MR) is 98.0 cm³/mol. The predicted octanol–water partition coefficient (Wildman–Crippen LogP) is 3.44. The van der Waals surface area contributed by atoms with Gasteiger partial charge in [0, 0.05) is 11.6 Å². The van der Waals surface area contributed by atoms with Crippen LogP contribution < -0.4 is 15.4 Å². The Morgan fingerprint density at radius 1 is 1.08 bits per heavy atom. The van der Waals surface area contributed by atoms with E-state index in [4.69, 9.17) is 4.74 Å². The molecule has 1 heterocycles. The molecule has 0 saturated carbocycles. The van der Waals surface area contributed by atoms with E-state index in [1.54, 1.807) is 0 Å². The number of benzene rings is 2. The van der Waals surface area contributed by atoms with E-state index in [-0.39, 0.29) is 11.9 Å². The maximum Gasteiger partial charge on any atom is 0.266 e. The fraction of sp³-hybridized carbons (Fsp3) is 0.316. The van der Waals surface area contributed by atoms with Gasteiger partial charge in [0.15, 0.2) is 0 Å². The van der Waals surface area contributed by atoms with Gasteiger partial charge in [-0.3, -0.25) is 4.79 Å². The highest BCUT2D eigenvalue weighted by Crippen LogP contribution is 2.29. The Labute approximate surface area is 150 Å². The number of para-hydroxylation sites is 1. The van der Waals surface area contributed by atoms with Gasteiger partial charge in [0.2, 0.25) is 6.10 Å². The maximum absolute atomic E-state index is 12.9. The monoisotopic (exact) mass is 388 g/mol. The molecule has 1 saturated heterocycles. The van der Waals surface area contributed by atoms with Crippen molar-refractivity contribution in [2.45, 2.75) is 25.0 Å². The van der Waals surface area contributed by atoms with Crippen molar-refractivity contribution in [3.8, 4) is 5.75 Å². The van der Waals surface area contributed by atoms with Crippen molar-refractivity contribution in [1.29, 1.82) is 0 Å². The number of carbonyl (C=O) groups excluding carboxylic acids is 1. The smallest absolute Gasteiger partial charge is 0.266 e. The van der Waals surface area contributed by atoms with E-state index in [1.807, 2.05) is 54.6 Å². The van der Waals surface area contributed by atoms with Crippen molar-refractivity contribution < 1.29 is 9.53 Å². The van der Waals surface area contributed by atoms with Gasteiger partial charge in [-0.25, -0.2) is 0 Å². The third-order valence-electron chi connectivity index (χ3n) is 4.11. The molecule has 0 radical (unpaired) electrons. The minimum Gasteiger partial charge on any atom is -0.475 e. The van der Waals surface area contributed by atoms with Crippen LogP contribution in [0, 0.1) is 0 Å². The number of hydrogen-bond donors (Lipinski definition) is 2. The number of piperidine rings is 1. The first kappa shape index (κ1) is 17.0. The highest BCUT2D eigenvalue weighted by Gasteiger charge is 2.26. The van der Waals surface area contributed by atoms with Crippen LogP contribution in [0.4, 0.5) is 0 Å². The number of hydrogen-bond acceptors (Lipinski definition) is 3. The second kappa shape index (κ2) is 8.31. The quantitative estimate of drug-likeness (QED) is 0.824. The third kappa shape index (κ3) is 4.36. The summed E-state index contributed by atoms with van der Waals surface area (Å²) in [4.78, 5) is 12.9. The van der Waals surface area contributed by atoms with Crippen LogP contribution in [0.25, 0.3) is 0 Å². The summed E-state index contributed by atoms with van der Waals surface area (Å²) in [5.41, 5.74) is 0.847. The van der Waals surface area contributed by atoms with Crippen molar-refractivity contribution in [2.75, 3.05) is 13.1 Å². The van der Waals surface area contributed by atoms with Crippen molar-refractivity contribution >= 4 is 21.8 Å². The SMILES string of the molecule is O=C(NC1CCNCC1)C(Oc1ccccc1Br)c1ccccc1. The van der Waals surface area contributed by atoms with Crippen LogP contribution in [0.2, 0.25) is 0 Å². The van der Waals surface area contributed by atoms with Crippen molar-refractivity contribution in [1.82, 2.24) is 10.6 Å². The molecule has 24 heavy (non-hydrogen) atoms. The van der Waals surface area contributed by atoms with Crippen LogP contribution >= 0.6 is 15.9 Å². The molecular weight excluding hydrogens is 368 g/mol. The summed E-state index contributed by atoms with van der Waals surface area (Å²) in [7, 11) is 0. The Kier molecular flexibility index (Phi) is 5.88. The molecule has 5 heteroatoms. The fourth-order valence-electron chi connectivity index (χ4n) is 2.81. The van der Waals surface area contributed by atoms with E-state index in [0.717, 1.165) is 36.0 Å². The zero-order chi connectivity index (χ0) is 16.8. The van der Waals surface area contributed by atoms with E-state index >= 15 is 0 Å². The first-order valence-electron chi connectivity index (χ1n) is 8.21. The average molecular weight is 389 g/mol. The Morgan fingerprint density at radius 3 is 2.46 bits per heavy atom. The van der Waals surface area contributed by atoms with Gasteiger partial charge in [0.25, 0.3) is 5.91 Å². The molecule has 1 atom stereocenters. The van der Waals surface area contributed by atoms with Gasteiger partial charge in [0.05, 0.1) is 4.47 Å². The topological polar surface area (TPSA) is 50.4 Å². The molecule has 1 aliphatic rings. The summed E-state index contributed by atoms with van der Waals surface area (Å²) < 4.78 is 6.89. The normalized spacial score (nSPS) is 16.4. The van der Waals surface area contributed by atoms with Gasteiger partial charge >= 0.3 is 0 Å². The molecule has 126 valence electrons. The number of amides is 1. The number of ether oxygens (including phenoxy) is 1. The molecule has 1 aliphatic heterocycles. The maximum atomic E-state index is 12.9. The lowest BCUT2D eigenvalue weighted by Gasteiger charge is -2.26. The molecule has 3 rings (SSSR count). The Balaban J connectivity index is 1.79. The summed E-state index contributed by atoms with van der Waals surface area (Å²) in [6, 6.07) is 17.4. The first-order valence-corrected chi connectivity index (χ1v) is 9.00. The third-order valence-corrected chi connectivity index (χ3v) is 4.76. The van der Waals surface area contributed by atoms with Crippen LogP contribution in [-0.4, -0.2) is 25.0 Å². The van der Waals surface area contributed by atoms with Crippen LogP contribution in [0.15, 0.2) is 59.1 Å². The van der Waals surface area contributed by atoms with E-state index in [1.165, 1.54) is 0 Å². The summed E-state index contributed by atoms with van der Waals surface area (Å²) in [6.45, 7) is 1.87. The van der Waals surface area contributed by atoms with Gasteiger partial charge in [-0.15, -0.1) is 0 Å². The van der Waals surface area contributed by atoms with E-state index in [2.05, 4.69) is 26.6 Å². The summed E-state index contributed by atoms with van der Waals surface area (Å²) >= 11 is 3.48. The van der Waals surface area contributed by atoms with Crippen molar-refractivity contribution in [2.24, 2.45) is 0 Å². The van der Waals surface area contributed by atoms with Crippen LogP contribution in [0.3, 0.4) is 0 Å². The largest absolute Gasteiger partial charge is 0.475 e. The zero-order valence-electron chi connectivity index (χ0n) is 13.4. The minimum absolute atomic E-state index is 0.0937. The van der Waals surface area contributed by atoms with E-state index in [9.17, 15) is 4.79 Å². The molecule has 2 aromatic rings. The summed E-state index contributed by atoms with van der Waals surface area (Å²) in [5.74, 6) is 0.565. The first-order chi connectivity index (χ1) is 11.7. The molecule has 1 unspecified atom stereocenters. The van der Waals surface area contributed by atoms with Crippen molar-refractivity contribution in [3.63, 3.8) is 0 Å². The number of nitrogens with one attached hydrogen (secondary N) is 2. The molecule has 4 nitrogen and oxygen atoms in total. The molecule has 0 aliphatic carbocycles. The molecule has 1 fully saturated rings. The highest BCUT2D eigenvalue weighted by atomic mass is 79.9. The molecule has 2 N–H and O–H groups in total. The second-order valence-electron chi connectivity index (χ2n) is 5.87. The lowest BCUT2D eigenvalue weighted by Crippen LogP contribution is -2.45. The molecule has 1 amide bonds. The van der Waals surface area contributed by atoms with Gasteiger partial charge in [-0.05, 0) is 54.0 Å². The van der Waals surface area contributed by atoms with Crippen molar-refractivity contribution in [3.05, 3.63) is 64.6 Å². The molecule has 0 spiro atoms. The molecular formula is C19H21BrN2O2.